The molecule has 0 aromatic carbocycles. The first-order valence-electron chi connectivity index (χ1n) is 34.7. The molecule has 6 heteroatoms. The van der Waals surface area contributed by atoms with Gasteiger partial charge in [0.2, 0.25) is 0 Å². The number of carbonyl (C=O) groups excluding carboxylic acids is 3. The summed E-state index contributed by atoms with van der Waals surface area (Å²) in [6.45, 7) is 6.48. The van der Waals surface area contributed by atoms with Crippen LogP contribution in [0.2, 0.25) is 0 Å². The lowest BCUT2D eigenvalue weighted by Gasteiger charge is -2.18. The van der Waals surface area contributed by atoms with E-state index in [1.165, 1.54) is 212 Å². The number of ether oxygens (including phenoxy) is 3. The molecule has 0 amide bonds. The van der Waals surface area contributed by atoms with Crippen LogP contribution in [0, 0.1) is 0 Å². The topological polar surface area (TPSA) is 78.9 Å². The van der Waals surface area contributed by atoms with Crippen LogP contribution in [0.3, 0.4) is 0 Å². The molecule has 0 aliphatic heterocycles. The molecule has 0 fully saturated rings. The van der Waals surface area contributed by atoms with Crippen LogP contribution in [0.1, 0.15) is 342 Å². The van der Waals surface area contributed by atoms with E-state index in [1.54, 1.807) is 0 Å². The molecule has 0 saturated heterocycles. The molecule has 81 heavy (non-hydrogen) atoms. The molecule has 0 radical (unpaired) electrons. The van der Waals surface area contributed by atoms with Gasteiger partial charge in [-0.2, -0.15) is 0 Å². The molecule has 6 nitrogen and oxygen atoms in total. The lowest BCUT2D eigenvalue weighted by atomic mass is 10.0. The number of allylic oxidation sites excluding steroid dienone is 16. The fraction of sp³-hybridized carbons (Fsp3) is 0.747. The molecule has 1 atom stereocenters. The van der Waals surface area contributed by atoms with Crippen LogP contribution < -0.4 is 0 Å². The van der Waals surface area contributed by atoms with E-state index in [9.17, 15) is 14.4 Å². The molecule has 0 saturated carbocycles. The Morgan fingerprint density at radius 3 is 0.840 bits per heavy atom. The largest absolute Gasteiger partial charge is 0.462 e. The third kappa shape index (κ3) is 67.0. The summed E-state index contributed by atoms with van der Waals surface area (Å²) in [6, 6.07) is 0. The van der Waals surface area contributed by atoms with Gasteiger partial charge in [0, 0.05) is 19.3 Å². The van der Waals surface area contributed by atoms with Crippen LogP contribution in [0.15, 0.2) is 97.2 Å². The standard InChI is InChI=1S/C75H130O6/c1-4-7-10-13-16-19-22-25-27-29-31-33-35-36-37-38-40-41-43-45-47-50-53-56-59-62-65-68-74(77)80-71-72(70-79-73(76)67-64-61-58-55-52-49-24-21-18-15-12-9-6-3)81-75(78)69-66-63-60-57-54-51-48-46-44-42-39-34-32-30-28-26-23-20-17-14-11-8-5-2/h9,12,18,21,23,26,29-32,39,42,49,52,58,61,72H,4-8,10-11,13-17,19-20,22,24-25,27-28,33-38,40-41,43-48,50-51,53-57,59-60,62-71H2,1-3H3/b12-9-,21-18-,26-23-,31-29-,32-30-,42-39-,52-49-,61-58-. The highest BCUT2D eigenvalue weighted by Crippen LogP contribution is 2.17. The summed E-state index contributed by atoms with van der Waals surface area (Å²) in [4.78, 5) is 38.3. The fourth-order valence-corrected chi connectivity index (χ4v) is 9.87. The van der Waals surface area contributed by atoms with Crippen molar-refractivity contribution in [3.63, 3.8) is 0 Å². The molecule has 0 heterocycles. The van der Waals surface area contributed by atoms with E-state index in [-0.39, 0.29) is 37.5 Å². The second-order valence-electron chi connectivity index (χ2n) is 23.1. The second-order valence-corrected chi connectivity index (χ2v) is 23.1. The van der Waals surface area contributed by atoms with Crippen molar-refractivity contribution in [2.75, 3.05) is 13.2 Å². The van der Waals surface area contributed by atoms with Gasteiger partial charge >= 0.3 is 17.9 Å². The van der Waals surface area contributed by atoms with Gasteiger partial charge in [-0.05, 0) is 109 Å². The van der Waals surface area contributed by atoms with Crippen molar-refractivity contribution < 1.29 is 28.6 Å². The van der Waals surface area contributed by atoms with E-state index in [0.717, 1.165) is 83.5 Å². The summed E-state index contributed by atoms with van der Waals surface area (Å²) in [5.74, 6) is -0.981. The summed E-state index contributed by atoms with van der Waals surface area (Å²) >= 11 is 0. The van der Waals surface area contributed by atoms with Gasteiger partial charge in [0.15, 0.2) is 6.10 Å². The van der Waals surface area contributed by atoms with Crippen molar-refractivity contribution >= 4 is 17.9 Å². The van der Waals surface area contributed by atoms with Crippen LogP contribution in [-0.2, 0) is 28.6 Å². The maximum absolute atomic E-state index is 12.9. The van der Waals surface area contributed by atoms with Crippen molar-refractivity contribution in [3.05, 3.63) is 97.2 Å². The van der Waals surface area contributed by atoms with Crippen LogP contribution >= 0.6 is 0 Å². The number of unbranched alkanes of at least 4 members (excludes halogenated alkanes) is 36. The van der Waals surface area contributed by atoms with E-state index in [4.69, 9.17) is 14.2 Å². The zero-order valence-electron chi connectivity index (χ0n) is 53.5. The van der Waals surface area contributed by atoms with Crippen LogP contribution in [-0.4, -0.2) is 37.2 Å². The maximum atomic E-state index is 12.9. The van der Waals surface area contributed by atoms with Crippen LogP contribution in [0.5, 0.6) is 0 Å². The SMILES string of the molecule is CC/C=C\C/C=C\C/C=C\C/C=C\CCC(=O)OCC(COC(=O)CCCCCCCCCCCCCCCCC/C=C\CCCCCCCCCC)OC(=O)CCCCCCCCCC/C=C\C/C=C\C/C=C\CCCCCCC. The minimum atomic E-state index is -0.812. The average molecular weight is 1130 g/mol. The lowest BCUT2D eigenvalue weighted by Crippen LogP contribution is -2.30. The van der Waals surface area contributed by atoms with Crippen molar-refractivity contribution in [2.24, 2.45) is 0 Å². The Balaban J connectivity index is 4.31. The van der Waals surface area contributed by atoms with Crippen LogP contribution in [0.25, 0.3) is 0 Å². The first-order valence-corrected chi connectivity index (χ1v) is 34.7. The zero-order chi connectivity index (χ0) is 58.5. The minimum absolute atomic E-state index is 0.101. The van der Waals surface area contributed by atoms with E-state index >= 15 is 0 Å². The summed E-state index contributed by atoms with van der Waals surface area (Å²) in [5, 5.41) is 0. The highest BCUT2D eigenvalue weighted by molar-refractivity contribution is 5.71. The van der Waals surface area contributed by atoms with Crippen molar-refractivity contribution in [2.45, 2.75) is 348 Å². The molecule has 466 valence electrons. The average Bonchev–Trinajstić information content (AvgIpc) is 3.46. The molecular formula is C75H130O6. The maximum Gasteiger partial charge on any atom is 0.306 e. The molecule has 0 aromatic rings. The smallest absolute Gasteiger partial charge is 0.306 e. The third-order valence-corrected chi connectivity index (χ3v) is 15.1. The molecule has 0 N–H and O–H groups in total. The number of esters is 3. The molecule has 0 spiro atoms. The summed E-state index contributed by atoms with van der Waals surface area (Å²) in [7, 11) is 0. The Morgan fingerprint density at radius 1 is 0.259 bits per heavy atom. The van der Waals surface area contributed by atoms with E-state index in [2.05, 4.69) is 112 Å². The predicted octanol–water partition coefficient (Wildman–Crippen LogP) is 24.0. The number of carbonyl (C=O) groups is 3. The lowest BCUT2D eigenvalue weighted by molar-refractivity contribution is -0.166. The Hall–Kier alpha value is -3.67. The van der Waals surface area contributed by atoms with Gasteiger partial charge in [-0.3, -0.25) is 14.4 Å². The van der Waals surface area contributed by atoms with E-state index in [1.807, 2.05) is 6.08 Å². The predicted molar refractivity (Wildman–Crippen MR) is 353 cm³/mol. The van der Waals surface area contributed by atoms with Gasteiger partial charge in [-0.15, -0.1) is 0 Å². The highest BCUT2D eigenvalue weighted by Gasteiger charge is 2.19. The van der Waals surface area contributed by atoms with E-state index in [0.29, 0.717) is 19.3 Å². The number of hydrogen-bond acceptors (Lipinski definition) is 6. The Morgan fingerprint density at radius 2 is 0.506 bits per heavy atom. The van der Waals surface area contributed by atoms with Gasteiger partial charge < -0.3 is 14.2 Å². The second kappa shape index (κ2) is 68.8. The Kier molecular flexibility index (Phi) is 65.7. The van der Waals surface area contributed by atoms with Crippen LogP contribution in [0.4, 0.5) is 0 Å². The minimum Gasteiger partial charge on any atom is -0.462 e. The summed E-state index contributed by atoms with van der Waals surface area (Å²) in [5.41, 5.74) is 0. The van der Waals surface area contributed by atoms with E-state index < -0.39 is 6.10 Å². The van der Waals surface area contributed by atoms with Crippen molar-refractivity contribution in [3.8, 4) is 0 Å². The monoisotopic (exact) mass is 1130 g/mol. The molecule has 0 rings (SSSR count). The van der Waals surface area contributed by atoms with Gasteiger partial charge in [0.1, 0.15) is 13.2 Å². The van der Waals surface area contributed by atoms with Gasteiger partial charge in [-0.1, -0.05) is 311 Å². The first-order chi connectivity index (χ1) is 40.0. The molecule has 1 unspecified atom stereocenters. The molecular weight excluding hydrogens is 997 g/mol. The zero-order valence-corrected chi connectivity index (χ0v) is 53.5. The molecule has 0 bridgehead atoms. The van der Waals surface area contributed by atoms with Gasteiger partial charge in [-0.25, -0.2) is 0 Å². The molecule has 0 aliphatic carbocycles. The highest BCUT2D eigenvalue weighted by atomic mass is 16.6. The Labute approximate surface area is 502 Å². The molecule has 0 aromatic heterocycles. The van der Waals surface area contributed by atoms with Gasteiger partial charge in [0.25, 0.3) is 0 Å². The third-order valence-electron chi connectivity index (χ3n) is 15.1. The number of hydrogen-bond donors (Lipinski definition) is 0. The quantitative estimate of drug-likeness (QED) is 0.0261. The van der Waals surface area contributed by atoms with Gasteiger partial charge in [0.05, 0.1) is 0 Å². The first kappa shape index (κ1) is 77.3. The normalized spacial score (nSPS) is 12.7. The fourth-order valence-electron chi connectivity index (χ4n) is 9.87. The van der Waals surface area contributed by atoms with Crippen molar-refractivity contribution in [1.82, 2.24) is 0 Å². The number of rotatable bonds is 63. The Bertz CT molecular complexity index is 1580. The molecule has 0 aliphatic rings. The van der Waals surface area contributed by atoms with Crippen molar-refractivity contribution in [1.29, 1.82) is 0 Å². The summed E-state index contributed by atoms with van der Waals surface area (Å²) in [6.07, 6.45) is 93.1. The summed E-state index contributed by atoms with van der Waals surface area (Å²) < 4.78 is 16.9.